The van der Waals surface area contributed by atoms with Crippen molar-refractivity contribution in [2.24, 2.45) is 5.92 Å². The Hall–Kier alpha value is -2.89. The van der Waals surface area contributed by atoms with Gasteiger partial charge >= 0.3 is 0 Å². The zero-order valence-corrected chi connectivity index (χ0v) is 15.0. The Labute approximate surface area is 152 Å². The number of carbonyl (C=O) groups is 1. The first kappa shape index (κ1) is 16.6. The second kappa shape index (κ2) is 6.78. The molecule has 6 heteroatoms. The molecule has 0 saturated carbocycles. The number of hydrogen-bond donors (Lipinski definition) is 1. The molecule has 1 atom stereocenters. The SMILES string of the molecule is COc1ccccc1CNC(=O)c1cnn2c3c(cnc12)C[C@H](C)CC3. The van der Waals surface area contributed by atoms with E-state index >= 15 is 0 Å². The minimum absolute atomic E-state index is 0.178. The molecule has 0 bridgehead atoms. The summed E-state index contributed by atoms with van der Waals surface area (Å²) >= 11 is 0. The molecular weight excluding hydrogens is 328 g/mol. The molecule has 4 rings (SSSR count). The molecule has 0 radical (unpaired) electrons. The first-order valence-corrected chi connectivity index (χ1v) is 8.92. The molecule has 1 aliphatic carbocycles. The number of nitrogens with zero attached hydrogens (tertiary/aromatic N) is 3. The van der Waals surface area contributed by atoms with Gasteiger partial charge in [-0.05, 0) is 36.8 Å². The minimum atomic E-state index is -0.178. The number of fused-ring (bicyclic) bond motifs is 3. The predicted molar refractivity (Wildman–Crippen MR) is 98.3 cm³/mol. The Morgan fingerprint density at radius 2 is 2.19 bits per heavy atom. The van der Waals surface area contributed by atoms with Gasteiger partial charge in [0.2, 0.25) is 0 Å². The Balaban J connectivity index is 1.58. The number of ether oxygens (including phenoxy) is 1. The van der Waals surface area contributed by atoms with E-state index in [4.69, 9.17) is 4.74 Å². The summed E-state index contributed by atoms with van der Waals surface area (Å²) in [6, 6.07) is 7.65. The molecular formula is C20H22N4O2. The van der Waals surface area contributed by atoms with Crippen LogP contribution in [0.2, 0.25) is 0 Å². The topological polar surface area (TPSA) is 68.5 Å². The average molecular weight is 350 g/mol. The van der Waals surface area contributed by atoms with E-state index in [0.717, 1.165) is 30.6 Å². The highest BCUT2D eigenvalue weighted by Gasteiger charge is 2.22. The summed E-state index contributed by atoms with van der Waals surface area (Å²) < 4.78 is 7.16. The number of methoxy groups -OCH3 is 1. The van der Waals surface area contributed by atoms with Crippen LogP contribution in [0.3, 0.4) is 0 Å². The quantitative estimate of drug-likeness (QED) is 0.786. The smallest absolute Gasteiger partial charge is 0.257 e. The Kier molecular flexibility index (Phi) is 4.32. The van der Waals surface area contributed by atoms with Crippen molar-refractivity contribution in [3.8, 4) is 5.75 Å². The van der Waals surface area contributed by atoms with Gasteiger partial charge in [-0.2, -0.15) is 5.10 Å². The van der Waals surface area contributed by atoms with Crippen molar-refractivity contribution in [1.82, 2.24) is 19.9 Å². The van der Waals surface area contributed by atoms with Crippen molar-refractivity contribution in [3.63, 3.8) is 0 Å². The summed E-state index contributed by atoms with van der Waals surface area (Å²) in [5.41, 5.74) is 4.47. The third-order valence-corrected chi connectivity index (χ3v) is 5.03. The molecule has 6 nitrogen and oxygen atoms in total. The lowest BCUT2D eigenvalue weighted by Gasteiger charge is -2.21. The summed E-state index contributed by atoms with van der Waals surface area (Å²) in [5.74, 6) is 1.25. The van der Waals surface area contributed by atoms with E-state index < -0.39 is 0 Å². The van der Waals surface area contributed by atoms with Gasteiger partial charge in [0.1, 0.15) is 11.3 Å². The predicted octanol–water partition coefficient (Wildman–Crippen LogP) is 2.79. The normalized spacial score (nSPS) is 16.3. The lowest BCUT2D eigenvalue weighted by molar-refractivity contribution is 0.0952. The van der Waals surface area contributed by atoms with Crippen LogP contribution >= 0.6 is 0 Å². The van der Waals surface area contributed by atoms with E-state index in [0.29, 0.717) is 23.7 Å². The van der Waals surface area contributed by atoms with Crippen LogP contribution in [-0.4, -0.2) is 27.6 Å². The number of carbonyl (C=O) groups excluding carboxylic acids is 1. The van der Waals surface area contributed by atoms with Gasteiger partial charge < -0.3 is 10.1 Å². The first-order valence-electron chi connectivity index (χ1n) is 8.92. The third-order valence-electron chi connectivity index (χ3n) is 5.03. The van der Waals surface area contributed by atoms with Crippen LogP contribution in [-0.2, 0) is 19.4 Å². The maximum atomic E-state index is 12.7. The van der Waals surface area contributed by atoms with Gasteiger partial charge in [-0.1, -0.05) is 25.1 Å². The molecule has 0 fully saturated rings. The molecule has 2 aromatic heterocycles. The number of amides is 1. The maximum absolute atomic E-state index is 12.7. The van der Waals surface area contributed by atoms with E-state index in [1.165, 1.54) is 11.3 Å². The second-order valence-corrected chi connectivity index (χ2v) is 6.87. The van der Waals surface area contributed by atoms with Gasteiger partial charge in [-0.15, -0.1) is 0 Å². The van der Waals surface area contributed by atoms with Crippen molar-refractivity contribution >= 4 is 11.6 Å². The van der Waals surface area contributed by atoms with E-state index in [9.17, 15) is 4.79 Å². The number of aromatic nitrogens is 3. The van der Waals surface area contributed by atoms with Crippen LogP contribution in [0.4, 0.5) is 0 Å². The maximum Gasteiger partial charge on any atom is 0.257 e. The number of hydrogen-bond acceptors (Lipinski definition) is 4. The lowest BCUT2D eigenvalue weighted by Crippen LogP contribution is -2.23. The van der Waals surface area contributed by atoms with Gasteiger partial charge in [0, 0.05) is 24.0 Å². The van der Waals surface area contributed by atoms with Crippen molar-refractivity contribution < 1.29 is 9.53 Å². The van der Waals surface area contributed by atoms with Gasteiger partial charge in [-0.3, -0.25) is 4.79 Å². The lowest BCUT2D eigenvalue weighted by atomic mass is 9.89. The van der Waals surface area contributed by atoms with Crippen LogP contribution in [0.15, 0.2) is 36.7 Å². The molecule has 3 aromatic rings. The largest absolute Gasteiger partial charge is 0.496 e. The van der Waals surface area contributed by atoms with Crippen LogP contribution in [0.1, 0.15) is 40.5 Å². The van der Waals surface area contributed by atoms with E-state index in [2.05, 4.69) is 22.3 Å². The standard InChI is InChI=1S/C20H22N4O2/c1-13-7-8-17-15(9-13)11-21-19-16(12-23-24(17)19)20(25)22-10-14-5-3-4-6-18(14)26-2/h3-6,11-13H,7-10H2,1-2H3,(H,22,25)/t13-/m1/s1. The third kappa shape index (κ3) is 2.92. The van der Waals surface area contributed by atoms with E-state index in [1.807, 2.05) is 35.0 Å². The Morgan fingerprint density at radius 1 is 1.35 bits per heavy atom. The van der Waals surface area contributed by atoms with Crippen LogP contribution in [0, 0.1) is 5.92 Å². The highest BCUT2D eigenvalue weighted by Crippen LogP contribution is 2.26. The number of aryl methyl sites for hydroxylation is 1. The molecule has 1 N–H and O–H groups in total. The minimum Gasteiger partial charge on any atom is -0.496 e. The number of nitrogens with one attached hydrogen (secondary N) is 1. The molecule has 0 saturated heterocycles. The summed E-state index contributed by atoms with van der Waals surface area (Å²) in [6.07, 6.45) is 6.64. The fourth-order valence-electron chi connectivity index (χ4n) is 3.59. The summed E-state index contributed by atoms with van der Waals surface area (Å²) in [4.78, 5) is 17.2. The summed E-state index contributed by atoms with van der Waals surface area (Å²) in [6.45, 7) is 2.65. The van der Waals surface area contributed by atoms with Gasteiger partial charge in [0.15, 0.2) is 5.65 Å². The van der Waals surface area contributed by atoms with Crippen molar-refractivity contribution in [2.75, 3.05) is 7.11 Å². The average Bonchev–Trinajstić information content (AvgIpc) is 3.10. The molecule has 1 aliphatic rings. The molecule has 26 heavy (non-hydrogen) atoms. The Bertz CT molecular complexity index is 964. The van der Waals surface area contributed by atoms with Gasteiger partial charge in [0.05, 0.1) is 13.3 Å². The van der Waals surface area contributed by atoms with Crippen molar-refractivity contribution in [2.45, 2.75) is 32.7 Å². The molecule has 1 amide bonds. The number of benzene rings is 1. The fraction of sp³-hybridized carbons (Fsp3) is 0.350. The second-order valence-electron chi connectivity index (χ2n) is 6.87. The zero-order chi connectivity index (χ0) is 18.1. The number of rotatable bonds is 4. The van der Waals surface area contributed by atoms with Crippen LogP contribution < -0.4 is 10.1 Å². The summed E-state index contributed by atoms with van der Waals surface area (Å²) in [5, 5.41) is 7.38. The van der Waals surface area contributed by atoms with Gasteiger partial charge in [-0.25, -0.2) is 9.50 Å². The molecule has 2 heterocycles. The summed E-state index contributed by atoms with van der Waals surface area (Å²) in [7, 11) is 1.62. The number of para-hydroxylation sites is 1. The van der Waals surface area contributed by atoms with Crippen LogP contribution in [0.5, 0.6) is 5.75 Å². The molecule has 0 spiro atoms. The molecule has 1 aromatic carbocycles. The fourth-order valence-corrected chi connectivity index (χ4v) is 3.59. The van der Waals surface area contributed by atoms with Crippen molar-refractivity contribution in [1.29, 1.82) is 0 Å². The van der Waals surface area contributed by atoms with E-state index in [1.54, 1.807) is 13.3 Å². The highest BCUT2D eigenvalue weighted by molar-refractivity contribution is 5.99. The van der Waals surface area contributed by atoms with Crippen LogP contribution in [0.25, 0.3) is 5.65 Å². The Morgan fingerprint density at radius 3 is 3.04 bits per heavy atom. The van der Waals surface area contributed by atoms with E-state index in [-0.39, 0.29) is 5.91 Å². The van der Waals surface area contributed by atoms with Gasteiger partial charge in [0.25, 0.3) is 5.91 Å². The van der Waals surface area contributed by atoms with Crippen molar-refractivity contribution in [3.05, 3.63) is 59.0 Å². The monoisotopic (exact) mass is 350 g/mol. The molecule has 0 aliphatic heterocycles. The molecule has 0 unspecified atom stereocenters. The first-order chi connectivity index (χ1) is 12.7. The highest BCUT2D eigenvalue weighted by atomic mass is 16.5. The zero-order valence-electron chi connectivity index (χ0n) is 15.0. The molecule has 134 valence electrons.